The second kappa shape index (κ2) is 12.0. The van der Waals surface area contributed by atoms with Gasteiger partial charge < -0.3 is 9.64 Å². The molecule has 9 nitrogen and oxygen atoms in total. The maximum absolute atomic E-state index is 13.7. The van der Waals surface area contributed by atoms with Crippen molar-refractivity contribution in [1.82, 2.24) is 9.21 Å². The van der Waals surface area contributed by atoms with Gasteiger partial charge in [0.05, 0.1) is 29.0 Å². The number of nitrogens with zero attached hydrogens (tertiary/aromatic N) is 3. The fourth-order valence-corrected chi connectivity index (χ4v) is 6.52. The maximum Gasteiger partial charge on any atom is 0.269 e. The first kappa shape index (κ1) is 26.9. The van der Waals surface area contributed by atoms with Crippen molar-refractivity contribution in [2.75, 3.05) is 19.7 Å². The zero-order chi connectivity index (χ0) is 26.4. The van der Waals surface area contributed by atoms with E-state index >= 15 is 0 Å². The van der Waals surface area contributed by atoms with E-state index in [0.717, 1.165) is 38.2 Å². The molecule has 3 aromatic rings. The van der Waals surface area contributed by atoms with Crippen molar-refractivity contribution < 1.29 is 22.9 Å². The molecule has 11 heteroatoms. The minimum absolute atomic E-state index is 0.0301. The van der Waals surface area contributed by atoms with Crippen molar-refractivity contribution in [3.63, 3.8) is 0 Å². The molecule has 1 aliphatic heterocycles. The van der Waals surface area contributed by atoms with Crippen molar-refractivity contribution in [2.45, 2.75) is 43.9 Å². The number of ether oxygens (including phenoxy) is 1. The zero-order valence-electron chi connectivity index (χ0n) is 20.5. The van der Waals surface area contributed by atoms with Crippen LogP contribution in [0.2, 0.25) is 0 Å². The predicted molar refractivity (Wildman–Crippen MR) is 141 cm³/mol. The number of carbonyl (C=O) groups excluding carboxylic acids is 1. The Morgan fingerprint density at radius 3 is 2.41 bits per heavy atom. The molecule has 0 radical (unpaired) electrons. The summed E-state index contributed by atoms with van der Waals surface area (Å²) in [5.41, 5.74) is 0.731. The third-order valence-electron chi connectivity index (χ3n) is 6.14. The van der Waals surface area contributed by atoms with Crippen LogP contribution in [0.15, 0.2) is 71.6 Å². The van der Waals surface area contributed by atoms with Gasteiger partial charge in [-0.15, -0.1) is 11.3 Å². The number of nitro benzene ring substituents is 1. The van der Waals surface area contributed by atoms with Crippen LogP contribution in [0.4, 0.5) is 5.69 Å². The van der Waals surface area contributed by atoms with E-state index in [2.05, 4.69) is 0 Å². The van der Waals surface area contributed by atoms with Crippen LogP contribution in [-0.2, 0) is 32.6 Å². The largest absolute Gasteiger partial charge is 0.377 e. The van der Waals surface area contributed by atoms with Gasteiger partial charge in [-0.3, -0.25) is 14.9 Å². The summed E-state index contributed by atoms with van der Waals surface area (Å²) in [6.45, 7) is 2.90. The van der Waals surface area contributed by atoms with Gasteiger partial charge in [-0.05, 0) is 49.6 Å². The minimum atomic E-state index is -4.12. The number of benzene rings is 2. The molecule has 196 valence electrons. The Bertz CT molecular complexity index is 1320. The Morgan fingerprint density at radius 1 is 1.08 bits per heavy atom. The van der Waals surface area contributed by atoms with Crippen LogP contribution in [0, 0.1) is 17.0 Å². The first-order chi connectivity index (χ1) is 17.7. The fraction of sp³-hybridized carbons (Fsp3) is 0.346. The van der Waals surface area contributed by atoms with Crippen molar-refractivity contribution in [1.29, 1.82) is 0 Å². The molecule has 1 unspecified atom stereocenters. The van der Waals surface area contributed by atoms with Gasteiger partial charge in [0, 0.05) is 41.6 Å². The van der Waals surface area contributed by atoms with Gasteiger partial charge in [-0.2, -0.15) is 4.31 Å². The SMILES string of the molecule is Cc1ccc(CN(Cc2ccccc2)C(=O)CN(CC2CCCO2)S(=O)(=O)c2ccc([N+](=O)[O-])cc2)s1. The standard InChI is InChI=1S/C26H29N3O6S2/c1-20-9-12-24(36-20)18-27(16-21-6-3-2-4-7-21)26(30)19-28(17-23-8-5-15-35-23)37(33,34)25-13-10-22(11-14-25)29(31)32/h2-4,6-7,9-14,23H,5,8,15-19H2,1H3. The molecule has 4 rings (SSSR count). The average Bonchev–Trinajstić information content (AvgIpc) is 3.55. The number of carbonyl (C=O) groups is 1. The molecule has 1 aromatic heterocycles. The zero-order valence-corrected chi connectivity index (χ0v) is 22.1. The van der Waals surface area contributed by atoms with Crippen LogP contribution in [0.25, 0.3) is 0 Å². The Labute approximate surface area is 220 Å². The Morgan fingerprint density at radius 2 is 1.81 bits per heavy atom. The molecular weight excluding hydrogens is 514 g/mol. The Balaban J connectivity index is 1.60. The molecule has 1 atom stereocenters. The summed E-state index contributed by atoms with van der Waals surface area (Å²) >= 11 is 1.59. The van der Waals surface area contributed by atoms with Crippen LogP contribution >= 0.6 is 11.3 Å². The van der Waals surface area contributed by atoms with Crippen LogP contribution in [0.5, 0.6) is 0 Å². The normalized spacial score (nSPS) is 15.7. The van der Waals surface area contributed by atoms with Gasteiger partial charge in [0.1, 0.15) is 0 Å². The summed E-state index contributed by atoms with van der Waals surface area (Å²) in [6, 6.07) is 18.2. The third kappa shape index (κ3) is 7.01. The molecule has 1 amide bonds. The van der Waals surface area contributed by atoms with E-state index < -0.39 is 14.9 Å². The van der Waals surface area contributed by atoms with Crippen molar-refractivity contribution in [3.8, 4) is 0 Å². The molecule has 0 N–H and O–H groups in total. The average molecular weight is 544 g/mol. The number of nitro groups is 1. The second-order valence-electron chi connectivity index (χ2n) is 8.93. The number of sulfonamides is 1. The summed E-state index contributed by atoms with van der Waals surface area (Å²) in [5, 5.41) is 11.0. The third-order valence-corrected chi connectivity index (χ3v) is 8.95. The number of rotatable bonds is 11. The maximum atomic E-state index is 13.7. The highest BCUT2D eigenvalue weighted by atomic mass is 32.2. The lowest BCUT2D eigenvalue weighted by Crippen LogP contribution is -2.45. The molecule has 1 aliphatic rings. The number of hydrogen-bond donors (Lipinski definition) is 0. The summed E-state index contributed by atoms with van der Waals surface area (Å²) in [5.74, 6) is -0.335. The van der Waals surface area contributed by atoms with E-state index in [1.54, 1.807) is 16.2 Å². The smallest absolute Gasteiger partial charge is 0.269 e. The number of amides is 1. The molecule has 0 aliphatic carbocycles. The quantitative estimate of drug-likeness (QED) is 0.263. The van der Waals surface area contributed by atoms with E-state index in [1.165, 1.54) is 12.1 Å². The van der Waals surface area contributed by atoms with Crippen molar-refractivity contribution >= 4 is 33.0 Å². The predicted octanol–water partition coefficient (Wildman–Crippen LogP) is 4.36. The summed E-state index contributed by atoms with van der Waals surface area (Å²) < 4.78 is 34.0. The molecule has 1 saturated heterocycles. The number of thiophene rings is 1. The van der Waals surface area contributed by atoms with E-state index in [9.17, 15) is 23.3 Å². The molecule has 0 bridgehead atoms. The first-order valence-electron chi connectivity index (χ1n) is 12.0. The molecular formula is C26H29N3O6S2. The van der Waals surface area contributed by atoms with Gasteiger partial charge in [0.15, 0.2) is 0 Å². The Hall–Kier alpha value is -3.12. The summed E-state index contributed by atoms with van der Waals surface area (Å²) in [4.78, 5) is 27.8. The van der Waals surface area contributed by atoms with Gasteiger partial charge in [0.25, 0.3) is 5.69 Å². The van der Waals surface area contributed by atoms with Gasteiger partial charge in [-0.25, -0.2) is 8.42 Å². The van der Waals surface area contributed by atoms with Crippen LogP contribution in [0.3, 0.4) is 0 Å². The molecule has 1 fully saturated rings. The van der Waals surface area contributed by atoms with Crippen LogP contribution < -0.4 is 0 Å². The molecule has 2 heterocycles. The number of hydrogen-bond acceptors (Lipinski definition) is 7. The summed E-state index contributed by atoms with van der Waals surface area (Å²) in [6.07, 6.45) is 1.20. The summed E-state index contributed by atoms with van der Waals surface area (Å²) in [7, 11) is -4.12. The first-order valence-corrected chi connectivity index (χ1v) is 14.2. The second-order valence-corrected chi connectivity index (χ2v) is 12.2. The number of non-ortho nitro benzene ring substituents is 1. The molecule has 0 spiro atoms. The van der Waals surface area contributed by atoms with Gasteiger partial charge in [-0.1, -0.05) is 30.3 Å². The monoisotopic (exact) mass is 543 g/mol. The van der Waals surface area contributed by atoms with Gasteiger partial charge >= 0.3 is 0 Å². The Kier molecular flexibility index (Phi) is 8.70. The van der Waals surface area contributed by atoms with Crippen LogP contribution in [-0.4, -0.2) is 54.3 Å². The van der Waals surface area contributed by atoms with E-state index in [0.29, 0.717) is 26.1 Å². The molecule has 2 aromatic carbocycles. The van der Waals surface area contributed by atoms with E-state index in [4.69, 9.17) is 4.74 Å². The molecule has 0 saturated carbocycles. The lowest BCUT2D eigenvalue weighted by Gasteiger charge is -2.28. The van der Waals surface area contributed by atoms with E-state index in [-0.39, 0.29) is 35.7 Å². The lowest BCUT2D eigenvalue weighted by atomic mass is 10.2. The highest BCUT2D eigenvalue weighted by molar-refractivity contribution is 7.89. The topological polar surface area (TPSA) is 110 Å². The van der Waals surface area contributed by atoms with Crippen LogP contribution in [0.1, 0.15) is 28.2 Å². The highest BCUT2D eigenvalue weighted by Gasteiger charge is 2.32. The highest BCUT2D eigenvalue weighted by Crippen LogP contribution is 2.24. The van der Waals surface area contributed by atoms with Crippen molar-refractivity contribution in [2.24, 2.45) is 0 Å². The van der Waals surface area contributed by atoms with Crippen molar-refractivity contribution in [3.05, 3.63) is 92.2 Å². The molecule has 37 heavy (non-hydrogen) atoms. The lowest BCUT2D eigenvalue weighted by molar-refractivity contribution is -0.384. The minimum Gasteiger partial charge on any atom is -0.377 e. The van der Waals surface area contributed by atoms with Gasteiger partial charge in [0.2, 0.25) is 15.9 Å². The fourth-order valence-electron chi connectivity index (χ4n) is 4.20. The van der Waals surface area contributed by atoms with E-state index in [1.807, 2.05) is 49.4 Å². The number of aryl methyl sites for hydroxylation is 1.